The fraction of sp³-hybridized carbons (Fsp3) is 0.125. The van der Waals surface area contributed by atoms with Crippen LogP contribution in [-0.2, 0) is 0 Å². The van der Waals surface area contributed by atoms with Crippen LogP contribution in [0.4, 0.5) is 13.2 Å². The number of aromatic nitrogens is 4. The lowest BCUT2D eigenvalue weighted by Crippen LogP contribution is -2.34. The van der Waals surface area contributed by atoms with Crippen LogP contribution in [0.1, 0.15) is 24.1 Å². The van der Waals surface area contributed by atoms with E-state index < -0.39 is 6.36 Å². The zero-order valence-corrected chi connectivity index (χ0v) is 19.7. The van der Waals surface area contributed by atoms with Gasteiger partial charge in [-0.25, -0.2) is 9.67 Å². The quantitative estimate of drug-likeness (QED) is 0.210. The molecule has 2 N–H and O–H groups in total. The minimum Gasteiger partial charge on any atom is -0.406 e. The molecule has 0 aliphatic rings. The molecule has 1 atom stereocenters. The number of nitrogens with one attached hydrogen (secondary N) is 2. The number of benzene rings is 2. The minimum absolute atomic E-state index is 0.0216. The zero-order valence-electron chi connectivity index (χ0n) is 18.8. The fourth-order valence-electron chi connectivity index (χ4n) is 3.15. The fourth-order valence-corrected chi connectivity index (χ4v) is 3.38. The number of ether oxygens (including phenoxy) is 1. The van der Waals surface area contributed by atoms with Crippen LogP contribution in [0.2, 0.25) is 0 Å². The van der Waals surface area contributed by atoms with Crippen molar-refractivity contribution in [3.8, 4) is 22.8 Å². The van der Waals surface area contributed by atoms with Crippen LogP contribution in [0.5, 0.6) is 5.75 Å². The van der Waals surface area contributed by atoms with E-state index in [0.29, 0.717) is 16.6 Å². The maximum absolute atomic E-state index is 12.3. The summed E-state index contributed by atoms with van der Waals surface area (Å²) in [6.45, 7) is 1.97. The van der Waals surface area contributed by atoms with Gasteiger partial charge in [0.2, 0.25) is 0 Å². The van der Waals surface area contributed by atoms with Crippen LogP contribution in [0.25, 0.3) is 17.1 Å². The van der Waals surface area contributed by atoms with Gasteiger partial charge in [-0.3, -0.25) is 10.4 Å². The van der Waals surface area contributed by atoms with Crippen LogP contribution < -0.4 is 15.5 Å². The summed E-state index contributed by atoms with van der Waals surface area (Å²) in [5.41, 5.74) is 5.92. The highest BCUT2D eigenvalue weighted by atomic mass is 32.1. The van der Waals surface area contributed by atoms with Gasteiger partial charge >= 0.3 is 6.36 Å². The molecule has 0 saturated heterocycles. The van der Waals surface area contributed by atoms with Gasteiger partial charge in [0, 0.05) is 18.0 Å². The largest absolute Gasteiger partial charge is 0.573 e. The number of pyridine rings is 1. The lowest BCUT2D eigenvalue weighted by Gasteiger charge is -2.15. The summed E-state index contributed by atoms with van der Waals surface area (Å²) in [6.07, 6.45) is 1.85. The molecule has 184 valence electrons. The molecule has 0 spiro atoms. The van der Waals surface area contributed by atoms with Gasteiger partial charge in [-0.1, -0.05) is 30.3 Å². The Morgan fingerprint density at radius 3 is 2.53 bits per heavy atom. The SMILES string of the molecule is CC(NC(=S)NN=Cc1ccc(-c2ncn(-c3ccc(OC(F)(F)F)cc3)n2)cc1)c1cccnc1. The Bertz CT molecular complexity index is 1320. The highest BCUT2D eigenvalue weighted by molar-refractivity contribution is 7.80. The Labute approximate surface area is 209 Å². The molecule has 2 heterocycles. The summed E-state index contributed by atoms with van der Waals surface area (Å²) in [4.78, 5) is 8.37. The average molecular weight is 512 g/mol. The Balaban J connectivity index is 1.32. The van der Waals surface area contributed by atoms with E-state index in [4.69, 9.17) is 12.2 Å². The zero-order chi connectivity index (χ0) is 25.5. The first-order valence-corrected chi connectivity index (χ1v) is 11.1. The molecular weight excluding hydrogens is 491 g/mol. The van der Waals surface area contributed by atoms with Crippen molar-refractivity contribution in [2.24, 2.45) is 5.10 Å². The molecular formula is C24H20F3N7OS. The molecule has 2 aromatic carbocycles. The van der Waals surface area contributed by atoms with Crippen molar-refractivity contribution >= 4 is 23.5 Å². The van der Waals surface area contributed by atoms with Gasteiger partial charge in [0.05, 0.1) is 17.9 Å². The van der Waals surface area contributed by atoms with Gasteiger partial charge in [0.25, 0.3) is 0 Å². The Morgan fingerprint density at radius 1 is 1.11 bits per heavy atom. The second-order valence-corrected chi connectivity index (χ2v) is 7.94. The number of alkyl halides is 3. The van der Waals surface area contributed by atoms with Crippen molar-refractivity contribution in [2.75, 3.05) is 0 Å². The molecule has 0 saturated carbocycles. The predicted molar refractivity (Wildman–Crippen MR) is 133 cm³/mol. The van der Waals surface area contributed by atoms with Crippen molar-refractivity contribution in [2.45, 2.75) is 19.3 Å². The first-order valence-electron chi connectivity index (χ1n) is 10.6. The predicted octanol–water partition coefficient (Wildman–Crippen LogP) is 4.79. The molecule has 4 rings (SSSR count). The molecule has 0 aliphatic carbocycles. The number of hydrogen-bond donors (Lipinski definition) is 2. The molecule has 0 amide bonds. The topological polar surface area (TPSA) is 89.2 Å². The third-order valence-corrected chi connectivity index (χ3v) is 5.12. The summed E-state index contributed by atoms with van der Waals surface area (Å²) in [7, 11) is 0. The van der Waals surface area contributed by atoms with Crippen LogP contribution in [0, 0.1) is 0 Å². The average Bonchev–Trinajstić information content (AvgIpc) is 3.35. The number of nitrogens with zero attached hydrogens (tertiary/aromatic N) is 5. The van der Waals surface area contributed by atoms with E-state index in [9.17, 15) is 13.2 Å². The van der Waals surface area contributed by atoms with Crippen LogP contribution in [0.3, 0.4) is 0 Å². The van der Waals surface area contributed by atoms with Crippen molar-refractivity contribution in [1.29, 1.82) is 0 Å². The van der Waals surface area contributed by atoms with E-state index in [-0.39, 0.29) is 11.8 Å². The first kappa shape index (κ1) is 24.8. The Kier molecular flexibility index (Phi) is 7.54. The van der Waals surface area contributed by atoms with E-state index in [2.05, 4.69) is 35.6 Å². The summed E-state index contributed by atoms with van der Waals surface area (Å²) in [5.74, 6) is 0.153. The highest BCUT2D eigenvalue weighted by Crippen LogP contribution is 2.24. The van der Waals surface area contributed by atoms with Crippen molar-refractivity contribution < 1.29 is 17.9 Å². The molecule has 0 bridgehead atoms. The highest BCUT2D eigenvalue weighted by Gasteiger charge is 2.31. The lowest BCUT2D eigenvalue weighted by molar-refractivity contribution is -0.274. The summed E-state index contributed by atoms with van der Waals surface area (Å²) >= 11 is 5.27. The Hall–Kier alpha value is -4.32. The second-order valence-electron chi connectivity index (χ2n) is 7.53. The van der Waals surface area contributed by atoms with E-state index in [1.807, 2.05) is 43.3 Å². The molecule has 0 aliphatic heterocycles. The molecule has 4 aromatic rings. The minimum atomic E-state index is -4.74. The van der Waals surface area contributed by atoms with Gasteiger partial charge in [-0.2, -0.15) is 5.10 Å². The summed E-state index contributed by atoms with van der Waals surface area (Å²) in [5, 5.41) is 12.1. The summed E-state index contributed by atoms with van der Waals surface area (Å²) < 4.78 is 42.3. The summed E-state index contributed by atoms with van der Waals surface area (Å²) in [6, 6.07) is 16.5. The molecule has 12 heteroatoms. The van der Waals surface area contributed by atoms with Crippen LogP contribution >= 0.6 is 12.2 Å². The van der Waals surface area contributed by atoms with E-state index in [1.165, 1.54) is 35.3 Å². The molecule has 36 heavy (non-hydrogen) atoms. The van der Waals surface area contributed by atoms with Gasteiger partial charge in [-0.15, -0.1) is 18.3 Å². The van der Waals surface area contributed by atoms with Gasteiger partial charge in [0.15, 0.2) is 10.9 Å². The third-order valence-electron chi connectivity index (χ3n) is 4.91. The number of hydrogen-bond acceptors (Lipinski definition) is 6. The van der Waals surface area contributed by atoms with E-state index in [0.717, 1.165) is 16.7 Å². The maximum atomic E-state index is 12.3. The van der Waals surface area contributed by atoms with Crippen molar-refractivity contribution in [3.05, 3.63) is 90.5 Å². The van der Waals surface area contributed by atoms with Gasteiger partial charge in [0.1, 0.15) is 12.1 Å². The molecule has 1 unspecified atom stereocenters. The third kappa shape index (κ3) is 6.85. The van der Waals surface area contributed by atoms with Crippen LogP contribution in [-0.4, -0.2) is 37.4 Å². The normalized spacial score (nSPS) is 12.3. The number of hydrazone groups is 1. The van der Waals surface area contributed by atoms with E-state index >= 15 is 0 Å². The van der Waals surface area contributed by atoms with Gasteiger partial charge in [-0.05, 0) is 60.6 Å². The monoisotopic (exact) mass is 511 g/mol. The maximum Gasteiger partial charge on any atom is 0.573 e. The molecule has 0 radical (unpaired) electrons. The van der Waals surface area contributed by atoms with Crippen molar-refractivity contribution in [3.63, 3.8) is 0 Å². The molecule has 8 nitrogen and oxygen atoms in total. The van der Waals surface area contributed by atoms with Gasteiger partial charge < -0.3 is 10.1 Å². The first-order chi connectivity index (χ1) is 17.3. The lowest BCUT2D eigenvalue weighted by atomic mass is 10.1. The smallest absolute Gasteiger partial charge is 0.406 e. The number of thiocarbonyl (C=S) groups is 1. The molecule has 0 fully saturated rings. The number of halogens is 3. The number of rotatable bonds is 7. The second kappa shape index (κ2) is 11.0. The van der Waals surface area contributed by atoms with Crippen LogP contribution in [0.15, 0.2) is 84.5 Å². The Morgan fingerprint density at radius 2 is 1.86 bits per heavy atom. The van der Waals surface area contributed by atoms with E-state index in [1.54, 1.807) is 18.6 Å². The standard InChI is InChI=1S/C24H20F3N7OS/c1-16(19-3-2-12-28-14-19)31-23(36)32-30-13-17-4-6-18(7-5-17)22-29-15-34(33-22)20-8-10-21(11-9-20)35-24(25,26)27/h2-16H,1H3,(H2,31,32,36). The van der Waals surface area contributed by atoms with Crippen molar-refractivity contribution in [1.82, 2.24) is 30.5 Å². The molecule has 2 aromatic heterocycles.